The third-order valence-electron chi connectivity index (χ3n) is 3.62. The summed E-state index contributed by atoms with van der Waals surface area (Å²) in [5, 5.41) is 9.08. The van der Waals surface area contributed by atoms with Gasteiger partial charge in [0.15, 0.2) is 0 Å². The van der Waals surface area contributed by atoms with Gasteiger partial charge in [-0.2, -0.15) is 4.31 Å². The summed E-state index contributed by atoms with van der Waals surface area (Å²) < 4.78 is 26.3. The van der Waals surface area contributed by atoms with E-state index < -0.39 is 10.0 Å². The van der Waals surface area contributed by atoms with Crippen LogP contribution in [0.5, 0.6) is 0 Å². The lowest BCUT2D eigenvalue weighted by Crippen LogP contribution is -2.29. The molecule has 0 spiro atoms. The molecular weight excluding hydrogens is 250 g/mol. The van der Waals surface area contributed by atoms with Gasteiger partial charge in [0, 0.05) is 19.7 Å². The molecule has 0 saturated carbocycles. The normalized spacial score (nSPS) is 21.4. The van der Waals surface area contributed by atoms with Crippen molar-refractivity contribution >= 4 is 10.0 Å². The van der Waals surface area contributed by atoms with Gasteiger partial charge < -0.3 is 5.11 Å². The summed E-state index contributed by atoms with van der Waals surface area (Å²) in [7, 11) is -3.40. The summed E-state index contributed by atoms with van der Waals surface area (Å²) in [6.07, 6.45) is 0.737. The van der Waals surface area contributed by atoms with Crippen molar-refractivity contribution in [3.8, 4) is 0 Å². The Morgan fingerprint density at radius 3 is 2.61 bits per heavy atom. The number of nitrogens with zero attached hydrogens (tertiary/aromatic N) is 1. The lowest BCUT2D eigenvalue weighted by Gasteiger charge is -2.17. The Bertz CT molecular complexity index is 539. The second-order valence-electron chi connectivity index (χ2n) is 4.95. The van der Waals surface area contributed by atoms with Crippen LogP contribution in [0.4, 0.5) is 0 Å². The van der Waals surface area contributed by atoms with Crippen LogP contribution < -0.4 is 0 Å². The maximum absolute atomic E-state index is 12.4. The van der Waals surface area contributed by atoms with Gasteiger partial charge in [-0.3, -0.25) is 0 Å². The van der Waals surface area contributed by atoms with Gasteiger partial charge in [0.2, 0.25) is 10.0 Å². The van der Waals surface area contributed by atoms with Crippen molar-refractivity contribution in [3.63, 3.8) is 0 Å². The predicted molar refractivity (Wildman–Crippen MR) is 69.9 cm³/mol. The van der Waals surface area contributed by atoms with Crippen molar-refractivity contribution in [2.75, 3.05) is 19.7 Å². The average Bonchev–Trinajstić information content (AvgIpc) is 2.81. The van der Waals surface area contributed by atoms with Crippen molar-refractivity contribution in [2.24, 2.45) is 5.92 Å². The highest BCUT2D eigenvalue weighted by Crippen LogP contribution is 2.25. The molecule has 0 aliphatic carbocycles. The Balaban J connectivity index is 2.28. The van der Waals surface area contributed by atoms with Crippen LogP contribution in [-0.2, 0) is 10.0 Å². The smallest absolute Gasteiger partial charge is 0.243 e. The molecule has 1 aromatic carbocycles. The van der Waals surface area contributed by atoms with Crippen molar-refractivity contribution in [1.29, 1.82) is 0 Å². The molecule has 5 heteroatoms. The molecule has 0 amide bonds. The fourth-order valence-corrected chi connectivity index (χ4v) is 3.80. The molecule has 1 aromatic rings. The number of hydrogen-bond donors (Lipinski definition) is 1. The van der Waals surface area contributed by atoms with Gasteiger partial charge in [0.05, 0.1) is 4.90 Å². The summed E-state index contributed by atoms with van der Waals surface area (Å²) in [6, 6.07) is 5.21. The molecule has 1 atom stereocenters. The first-order valence-corrected chi connectivity index (χ1v) is 7.57. The first-order valence-electron chi connectivity index (χ1n) is 6.13. The van der Waals surface area contributed by atoms with Crippen molar-refractivity contribution < 1.29 is 13.5 Å². The highest BCUT2D eigenvalue weighted by molar-refractivity contribution is 7.89. The Morgan fingerprint density at radius 2 is 2.06 bits per heavy atom. The minimum Gasteiger partial charge on any atom is -0.396 e. The lowest BCUT2D eigenvalue weighted by atomic mass is 10.1. The summed E-state index contributed by atoms with van der Waals surface area (Å²) in [4.78, 5) is 0.351. The molecule has 1 fully saturated rings. The SMILES string of the molecule is Cc1ccc(S(=O)(=O)N2CC[C@H](CO)C2)cc1C. The Kier molecular flexibility index (Phi) is 3.75. The second kappa shape index (κ2) is 4.99. The van der Waals surface area contributed by atoms with E-state index in [9.17, 15) is 8.42 Å². The fourth-order valence-electron chi connectivity index (χ4n) is 2.19. The maximum atomic E-state index is 12.4. The number of aliphatic hydroxyl groups is 1. The van der Waals surface area contributed by atoms with Gasteiger partial charge in [0.25, 0.3) is 0 Å². The van der Waals surface area contributed by atoms with Gasteiger partial charge in [-0.15, -0.1) is 0 Å². The molecule has 1 heterocycles. The lowest BCUT2D eigenvalue weighted by molar-refractivity contribution is 0.233. The number of sulfonamides is 1. The Hall–Kier alpha value is -0.910. The van der Waals surface area contributed by atoms with Crippen LogP contribution in [0.1, 0.15) is 17.5 Å². The number of benzene rings is 1. The third-order valence-corrected chi connectivity index (χ3v) is 5.48. The molecular formula is C13H19NO3S. The van der Waals surface area contributed by atoms with E-state index in [1.54, 1.807) is 12.1 Å². The highest BCUT2D eigenvalue weighted by atomic mass is 32.2. The zero-order valence-corrected chi connectivity index (χ0v) is 11.6. The Morgan fingerprint density at radius 1 is 1.33 bits per heavy atom. The van der Waals surface area contributed by atoms with Crippen LogP contribution in [0, 0.1) is 19.8 Å². The molecule has 1 saturated heterocycles. The van der Waals surface area contributed by atoms with Crippen LogP contribution in [-0.4, -0.2) is 37.5 Å². The fraction of sp³-hybridized carbons (Fsp3) is 0.538. The largest absolute Gasteiger partial charge is 0.396 e. The molecule has 1 N–H and O–H groups in total. The number of rotatable bonds is 3. The van der Waals surface area contributed by atoms with Gasteiger partial charge in [-0.1, -0.05) is 6.07 Å². The zero-order chi connectivity index (χ0) is 13.3. The van der Waals surface area contributed by atoms with Crippen molar-refractivity contribution in [2.45, 2.75) is 25.2 Å². The van der Waals surface area contributed by atoms with E-state index in [4.69, 9.17) is 5.11 Å². The highest BCUT2D eigenvalue weighted by Gasteiger charge is 2.32. The van der Waals surface area contributed by atoms with Crippen LogP contribution in [0.15, 0.2) is 23.1 Å². The van der Waals surface area contributed by atoms with E-state index >= 15 is 0 Å². The van der Waals surface area contributed by atoms with E-state index in [2.05, 4.69) is 0 Å². The topological polar surface area (TPSA) is 57.6 Å². The summed E-state index contributed by atoms with van der Waals surface area (Å²) >= 11 is 0. The van der Waals surface area contributed by atoms with E-state index in [0.29, 0.717) is 18.0 Å². The molecule has 18 heavy (non-hydrogen) atoms. The van der Waals surface area contributed by atoms with E-state index in [1.165, 1.54) is 4.31 Å². The molecule has 0 aromatic heterocycles. The van der Waals surface area contributed by atoms with Crippen LogP contribution >= 0.6 is 0 Å². The van der Waals surface area contributed by atoms with Crippen LogP contribution in [0.2, 0.25) is 0 Å². The van der Waals surface area contributed by atoms with Gasteiger partial charge >= 0.3 is 0 Å². The summed E-state index contributed by atoms with van der Waals surface area (Å²) in [6.45, 7) is 4.85. The Labute approximate surface area is 108 Å². The van der Waals surface area contributed by atoms with E-state index in [0.717, 1.165) is 17.5 Å². The standard InChI is InChI=1S/C13H19NO3S/c1-10-3-4-13(7-11(10)2)18(16,17)14-6-5-12(8-14)9-15/h3-4,7,12,15H,5-6,8-9H2,1-2H3/t12-/m0/s1. The van der Waals surface area contributed by atoms with Gasteiger partial charge in [-0.05, 0) is 49.4 Å². The van der Waals surface area contributed by atoms with E-state index in [-0.39, 0.29) is 12.5 Å². The molecule has 0 bridgehead atoms. The first kappa shape index (κ1) is 13.5. The molecule has 1 aliphatic heterocycles. The zero-order valence-electron chi connectivity index (χ0n) is 10.8. The molecule has 0 unspecified atom stereocenters. The molecule has 1 aliphatic rings. The van der Waals surface area contributed by atoms with E-state index in [1.807, 2.05) is 19.9 Å². The van der Waals surface area contributed by atoms with Crippen LogP contribution in [0.25, 0.3) is 0 Å². The number of aliphatic hydroxyl groups excluding tert-OH is 1. The number of hydrogen-bond acceptors (Lipinski definition) is 3. The minimum absolute atomic E-state index is 0.0545. The third kappa shape index (κ3) is 2.43. The van der Waals surface area contributed by atoms with Crippen LogP contribution in [0.3, 0.4) is 0 Å². The minimum atomic E-state index is -3.40. The molecule has 2 rings (SSSR count). The summed E-state index contributed by atoms with van der Waals surface area (Å²) in [5.74, 6) is 0.0753. The summed E-state index contributed by atoms with van der Waals surface area (Å²) in [5.41, 5.74) is 2.07. The average molecular weight is 269 g/mol. The first-order chi connectivity index (χ1) is 8.45. The molecule has 100 valence electrons. The second-order valence-corrected chi connectivity index (χ2v) is 6.88. The van der Waals surface area contributed by atoms with Crippen molar-refractivity contribution in [1.82, 2.24) is 4.31 Å². The quantitative estimate of drug-likeness (QED) is 0.900. The maximum Gasteiger partial charge on any atom is 0.243 e. The predicted octanol–water partition coefficient (Wildman–Crippen LogP) is 1.31. The van der Waals surface area contributed by atoms with Gasteiger partial charge in [-0.25, -0.2) is 8.42 Å². The molecule has 0 radical (unpaired) electrons. The monoisotopic (exact) mass is 269 g/mol. The van der Waals surface area contributed by atoms with Gasteiger partial charge in [0.1, 0.15) is 0 Å². The molecule has 4 nitrogen and oxygen atoms in total. The van der Waals surface area contributed by atoms with Crippen molar-refractivity contribution in [3.05, 3.63) is 29.3 Å². The number of aryl methyl sites for hydroxylation is 2.